The molecule has 1 aromatic carbocycles. The summed E-state index contributed by atoms with van der Waals surface area (Å²) in [5, 5.41) is 2.86. The Balaban J connectivity index is 1.77. The number of nitrogens with one attached hydrogen (secondary N) is 1. The average Bonchev–Trinajstić information content (AvgIpc) is 2.99. The van der Waals surface area contributed by atoms with Gasteiger partial charge < -0.3 is 9.88 Å². The van der Waals surface area contributed by atoms with Gasteiger partial charge in [0, 0.05) is 5.75 Å². The van der Waals surface area contributed by atoms with Gasteiger partial charge in [-0.1, -0.05) is 11.8 Å². The molecule has 1 atom stereocenters. The van der Waals surface area contributed by atoms with Crippen LogP contribution in [0.2, 0.25) is 0 Å². The van der Waals surface area contributed by atoms with Crippen LogP contribution in [0.3, 0.4) is 0 Å². The Bertz CT molecular complexity index is 723. The molecule has 2 heterocycles. The third-order valence-corrected chi connectivity index (χ3v) is 4.83. The van der Waals surface area contributed by atoms with Gasteiger partial charge in [-0.15, -0.1) is 0 Å². The predicted octanol–water partition coefficient (Wildman–Crippen LogP) is 1.80. The van der Waals surface area contributed by atoms with Crippen molar-refractivity contribution in [1.82, 2.24) is 14.9 Å². The standard InChI is InChI=1S/C15H17N3O2S/c1-9-5-12-13(6-10(9)2)18(8-16-12)7-14(19)17-11-3-4-21-15(11)20/h5-6,8,11H,3-4,7H2,1-2H3,(H,17,19)/t11-/m1/s1. The molecule has 1 aliphatic rings. The SMILES string of the molecule is Cc1cc2ncn(CC(=O)N[C@@H]3CCSC3=O)c2cc1C. The molecule has 1 N–H and O–H groups in total. The predicted molar refractivity (Wildman–Crippen MR) is 83.2 cm³/mol. The molecular weight excluding hydrogens is 286 g/mol. The minimum atomic E-state index is -0.332. The molecule has 110 valence electrons. The average molecular weight is 303 g/mol. The molecule has 0 spiro atoms. The van der Waals surface area contributed by atoms with Crippen molar-refractivity contribution in [2.75, 3.05) is 5.75 Å². The highest BCUT2D eigenvalue weighted by molar-refractivity contribution is 8.14. The molecule has 21 heavy (non-hydrogen) atoms. The van der Waals surface area contributed by atoms with Gasteiger partial charge in [-0.05, 0) is 43.5 Å². The molecule has 1 fully saturated rings. The van der Waals surface area contributed by atoms with Crippen molar-refractivity contribution in [1.29, 1.82) is 0 Å². The van der Waals surface area contributed by atoms with E-state index in [4.69, 9.17) is 0 Å². The molecule has 0 unspecified atom stereocenters. The van der Waals surface area contributed by atoms with E-state index in [1.165, 1.54) is 22.9 Å². The maximum absolute atomic E-state index is 12.1. The number of amides is 1. The van der Waals surface area contributed by atoms with E-state index in [-0.39, 0.29) is 23.6 Å². The molecule has 3 rings (SSSR count). The van der Waals surface area contributed by atoms with E-state index in [9.17, 15) is 9.59 Å². The lowest BCUT2D eigenvalue weighted by Gasteiger charge is -2.11. The zero-order valence-corrected chi connectivity index (χ0v) is 12.9. The van der Waals surface area contributed by atoms with Crippen LogP contribution < -0.4 is 5.32 Å². The summed E-state index contributed by atoms with van der Waals surface area (Å²) in [6.07, 6.45) is 2.40. The number of aromatic nitrogens is 2. The summed E-state index contributed by atoms with van der Waals surface area (Å²) in [4.78, 5) is 28.0. The summed E-state index contributed by atoms with van der Waals surface area (Å²) >= 11 is 1.29. The summed E-state index contributed by atoms with van der Waals surface area (Å²) < 4.78 is 1.82. The van der Waals surface area contributed by atoms with Crippen molar-refractivity contribution in [3.05, 3.63) is 29.6 Å². The van der Waals surface area contributed by atoms with E-state index in [0.717, 1.165) is 23.2 Å². The molecule has 0 aliphatic carbocycles. The number of carbonyl (C=O) groups is 2. The normalized spacial score (nSPS) is 18.4. The van der Waals surface area contributed by atoms with E-state index in [1.54, 1.807) is 6.33 Å². The van der Waals surface area contributed by atoms with Crippen molar-refractivity contribution in [2.45, 2.75) is 32.9 Å². The molecule has 0 radical (unpaired) electrons. The van der Waals surface area contributed by atoms with Gasteiger partial charge in [-0.3, -0.25) is 9.59 Å². The van der Waals surface area contributed by atoms with Crippen molar-refractivity contribution in [2.24, 2.45) is 0 Å². The van der Waals surface area contributed by atoms with Gasteiger partial charge in [0.05, 0.1) is 23.4 Å². The third kappa shape index (κ3) is 2.81. The Kier molecular flexibility index (Phi) is 3.71. The summed E-state index contributed by atoms with van der Waals surface area (Å²) in [6.45, 7) is 4.28. The minimum absolute atomic E-state index is 0.0605. The number of thioether (sulfide) groups is 1. The second-order valence-corrected chi connectivity index (χ2v) is 6.47. The Labute approximate surface area is 127 Å². The molecule has 2 aromatic rings. The first kappa shape index (κ1) is 14.1. The maximum Gasteiger partial charge on any atom is 0.240 e. The lowest BCUT2D eigenvalue weighted by Crippen LogP contribution is -2.38. The molecule has 1 aromatic heterocycles. The molecule has 6 heteroatoms. The van der Waals surface area contributed by atoms with Crippen LogP contribution in [0.15, 0.2) is 18.5 Å². The zero-order valence-electron chi connectivity index (χ0n) is 12.0. The van der Waals surface area contributed by atoms with Gasteiger partial charge in [-0.2, -0.15) is 0 Å². The molecule has 0 bridgehead atoms. The van der Waals surface area contributed by atoms with Gasteiger partial charge in [0.15, 0.2) is 0 Å². The number of carbonyl (C=O) groups excluding carboxylic acids is 2. The van der Waals surface area contributed by atoms with Crippen LogP contribution in [0, 0.1) is 13.8 Å². The number of rotatable bonds is 3. The maximum atomic E-state index is 12.1. The van der Waals surface area contributed by atoms with Crippen LogP contribution in [0.4, 0.5) is 0 Å². The molecule has 1 amide bonds. The Morgan fingerprint density at radius 2 is 2.19 bits per heavy atom. The molecular formula is C15H17N3O2S. The van der Waals surface area contributed by atoms with Gasteiger partial charge >= 0.3 is 0 Å². The van der Waals surface area contributed by atoms with Gasteiger partial charge in [0.1, 0.15) is 6.54 Å². The van der Waals surface area contributed by atoms with Crippen LogP contribution >= 0.6 is 11.8 Å². The monoisotopic (exact) mass is 303 g/mol. The van der Waals surface area contributed by atoms with E-state index in [1.807, 2.05) is 30.5 Å². The second kappa shape index (κ2) is 5.52. The summed E-state index contributed by atoms with van der Waals surface area (Å²) in [5.41, 5.74) is 4.19. The summed E-state index contributed by atoms with van der Waals surface area (Å²) in [5.74, 6) is 0.643. The van der Waals surface area contributed by atoms with Gasteiger partial charge in [0.25, 0.3) is 0 Å². The van der Waals surface area contributed by atoms with Crippen LogP contribution in [-0.2, 0) is 16.1 Å². The molecule has 1 saturated heterocycles. The van der Waals surface area contributed by atoms with Gasteiger partial charge in [0.2, 0.25) is 11.0 Å². The Hall–Kier alpha value is -1.82. The van der Waals surface area contributed by atoms with E-state index >= 15 is 0 Å². The minimum Gasteiger partial charge on any atom is -0.344 e. The van der Waals surface area contributed by atoms with Crippen LogP contribution in [-0.4, -0.2) is 32.4 Å². The fourth-order valence-corrected chi connectivity index (χ4v) is 3.39. The van der Waals surface area contributed by atoms with Crippen molar-refractivity contribution in [3.63, 3.8) is 0 Å². The number of hydrogen-bond donors (Lipinski definition) is 1. The van der Waals surface area contributed by atoms with E-state index in [2.05, 4.69) is 10.3 Å². The Morgan fingerprint density at radius 3 is 2.90 bits per heavy atom. The fourth-order valence-electron chi connectivity index (χ4n) is 2.46. The highest BCUT2D eigenvalue weighted by Crippen LogP contribution is 2.20. The number of imidazole rings is 1. The van der Waals surface area contributed by atoms with Crippen LogP contribution in [0.25, 0.3) is 11.0 Å². The number of benzene rings is 1. The van der Waals surface area contributed by atoms with Crippen molar-refractivity contribution >= 4 is 33.8 Å². The van der Waals surface area contributed by atoms with E-state index < -0.39 is 0 Å². The largest absolute Gasteiger partial charge is 0.344 e. The number of fused-ring (bicyclic) bond motifs is 1. The Morgan fingerprint density at radius 1 is 1.43 bits per heavy atom. The molecule has 1 aliphatic heterocycles. The highest BCUT2D eigenvalue weighted by Gasteiger charge is 2.26. The molecule has 0 saturated carbocycles. The first-order valence-electron chi connectivity index (χ1n) is 6.92. The number of aryl methyl sites for hydroxylation is 2. The third-order valence-electron chi connectivity index (χ3n) is 3.82. The van der Waals surface area contributed by atoms with E-state index in [0.29, 0.717) is 0 Å². The quantitative estimate of drug-likeness (QED) is 0.939. The topological polar surface area (TPSA) is 64.0 Å². The van der Waals surface area contributed by atoms with Crippen LogP contribution in [0.5, 0.6) is 0 Å². The second-order valence-electron chi connectivity index (χ2n) is 5.37. The first-order valence-corrected chi connectivity index (χ1v) is 7.91. The van der Waals surface area contributed by atoms with Crippen molar-refractivity contribution in [3.8, 4) is 0 Å². The first-order chi connectivity index (χ1) is 10.0. The fraction of sp³-hybridized carbons (Fsp3) is 0.400. The smallest absolute Gasteiger partial charge is 0.240 e. The number of hydrogen-bond acceptors (Lipinski definition) is 4. The lowest BCUT2D eigenvalue weighted by atomic mass is 10.1. The van der Waals surface area contributed by atoms with Crippen molar-refractivity contribution < 1.29 is 9.59 Å². The molecule has 5 nitrogen and oxygen atoms in total. The van der Waals surface area contributed by atoms with Crippen LogP contribution in [0.1, 0.15) is 17.5 Å². The lowest BCUT2D eigenvalue weighted by molar-refractivity contribution is -0.124. The summed E-state index contributed by atoms with van der Waals surface area (Å²) in [7, 11) is 0. The highest BCUT2D eigenvalue weighted by atomic mass is 32.2. The zero-order chi connectivity index (χ0) is 15.0. The number of nitrogens with zero attached hydrogens (tertiary/aromatic N) is 2. The van der Waals surface area contributed by atoms with Gasteiger partial charge in [-0.25, -0.2) is 4.98 Å². The summed E-state index contributed by atoms with van der Waals surface area (Å²) in [6, 6.07) is 3.74.